The Labute approximate surface area is 129 Å². The molecule has 0 aliphatic heterocycles. The van der Waals surface area contributed by atoms with Crippen LogP contribution in [-0.2, 0) is 4.79 Å². The van der Waals surface area contributed by atoms with E-state index >= 15 is 0 Å². The van der Waals surface area contributed by atoms with E-state index in [1.807, 2.05) is 20.8 Å². The lowest BCUT2D eigenvalue weighted by molar-refractivity contribution is -0.135. The number of nitrogens with zero attached hydrogens (tertiary/aromatic N) is 1. The van der Waals surface area contributed by atoms with Gasteiger partial charge in [-0.1, -0.05) is 32.4 Å². The molecule has 6 heteroatoms. The lowest BCUT2D eigenvalue weighted by Crippen LogP contribution is -2.45. The predicted octanol–water partition coefficient (Wildman–Crippen LogP) is 3.38. The largest absolute Gasteiger partial charge is 0.480 e. The molecule has 0 fully saturated rings. The quantitative estimate of drug-likeness (QED) is 0.846. The number of hydrogen-bond donors (Lipinski definition) is 2. The molecule has 5 nitrogen and oxygen atoms in total. The average Bonchev–Trinajstić information content (AvgIpc) is 2.43. The van der Waals surface area contributed by atoms with Gasteiger partial charge < -0.3 is 10.4 Å². The lowest BCUT2D eigenvalue weighted by Gasteiger charge is -2.26. The monoisotopic (exact) mass is 312 g/mol. The summed E-state index contributed by atoms with van der Waals surface area (Å²) in [5.74, 6) is -1.07. The highest BCUT2D eigenvalue weighted by Crippen LogP contribution is 2.20. The Morgan fingerprint density at radius 2 is 1.86 bits per heavy atom. The van der Waals surface area contributed by atoms with Crippen molar-refractivity contribution >= 4 is 29.3 Å². The van der Waals surface area contributed by atoms with Crippen LogP contribution < -0.4 is 10.2 Å². The highest BCUT2D eigenvalue weighted by molar-refractivity contribution is 6.30. The third-order valence-electron chi connectivity index (χ3n) is 3.35. The molecule has 0 aromatic heterocycles. The molecule has 1 aromatic carbocycles. The zero-order valence-electron chi connectivity index (χ0n) is 12.5. The fourth-order valence-electron chi connectivity index (χ4n) is 1.57. The third-order valence-corrected chi connectivity index (χ3v) is 3.60. The predicted molar refractivity (Wildman–Crippen MR) is 83.9 cm³/mol. The first-order chi connectivity index (χ1) is 9.75. The van der Waals surface area contributed by atoms with E-state index in [-0.39, 0.29) is 5.41 Å². The van der Waals surface area contributed by atoms with Gasteiger partial charge in [0.1, 0.15) is 6.54 Å². The molecule has 0 bridgehead atoms. The third kappa shape index (κ3) is 5.63. The minimum absolute atomic E-state index is 0.0372. The van der Waals surface area contributed by atoms with Gasteiger partial charge in [-0.05, 0) is 36.1 Å². The lowest BCUT2D eigenvalue weighted by atomic mass is 9.90. The summed E-state index contributed by atoms with van der Waals surface area (Å²) in [7, 11) is 0. The number of hydrogen-bond acceptors (Lipinski definition) is 2. The fraction of sp³-hybridized carbons (Fsp3) is 0.467. The molecule has 1 aromatic rings. The molecule has 0 saturated heterocycles. The van der Waals surface area contributed by atoms with Crippen molar-refractivity contribution in [1.29, 1.82) is 0 Å². The number of benzene rings is 1. The number of amides is 2. The van der Waals surface area contributed by atoms with Crippen molar-refractivity contribution in [3.8, 4) is 0 Å². The Morgan fingerprint density at radius 3 is 2.33 bits per heavy atom. The smallest absolute Gasteiger partial charge is 0.323 e. The van der Waals surface area contributed by atoms with Gasteiger partial charge in [-0.2, -0.15) is 0 Å². The number of carbonyl (C=O) groups excluding carboxylic acids is 1. The number of carboxylic acids is 1. The van der Waals surface area contributed by atoms with Gasteiger partial charge in [0.15, 0.2) is 0 Å². The number of carboxylic acid groups (broad SMARTS) is 1. The maximum Gasteiger partial charge on any atom is 0.323 e. The summed E-state index contributed by atoms with van der Waals surface area (Å²) in [6.45, 7) is 6.20. The van der Waals surface area contributed by atoms with Gasteiger partial charge in [0, 0.05) is 17.3 Å². The topological polar surface area (TPSA) is 69.6 Å². The van der Waals surface area contributed by atoms with Crippen LogP contribution in [0.3, 0.4) is 0 Å². The number of rotatable bonds is 6. The van der Waals surface area contributed by atoms with Crippen LogP contribution in [-0.4, -0.2) is 30.2 Å². The van der Waals surface area contributed by atoms with Gasteiger partial charge in [-0.25, -0.2) is 4.79 Å². The molecular formula is C15H21ClN2O3. The van der Waals surface area contributed by atoms with Crippen molar-refractivity contribution in [3.63, 3.8) is 0 Å². The fourth-order valence-corrected chi connectivity index (χ4v) is 1.70. The van der Waals surface area contributed by atoms with Crippen LogP contribution in [0.1, 0.15) is 27.2 Å². The number of carbonyl (C=O) groups is 2. The van der Waals surface area contributed by atoms with Gasteiger partial charge >= 0.3 is 12.0 Å². The Morgan fingerprint density at radius 1 is 1.29 bits per heavy atom. The molecule has 21 heavy (non-hydrogen) atoms. The van der Waals surface area contributed by atoms with Crippen LogP contribution in [0.25, 0.3) is 0 Å². The first-order valence-corrected chi connectivity index (χ1v) is 7.15. The van der Waals surface area contributed by atoms with Gasteiger partial charge in [0.05, 0.1) is 0 Å². The van der Waals surface area contributed by atoms with E-state index in [9.17, 15) is 9.59 Å². The number of nitrogens with one attached hydrogen (secondary N) is 1. The molecule has 0 heterocycles. The van der Waals surface area contributed by atoms with E-state index < -0.39 is 18.5 Å². The normalized spacial score (nSPS) is 11.0. The van der Waals surface area contributed by atoms with E-state index in [1.165, 1.54) is 4.90 Å². The summed E-state index contributed by atoms with van der Waals surface area (Å²) in [5, 5.41) is 12.3. The van der Waals surface area contributed by atoms with Crippen LogP contribution in [0.4, 0.5) is 10.5 Å². The van der Waals surface area contributed by atoms with Crippen LogP contribution in [0.2, 0.25) is 5.02 Å². The van der Waals surface area contributed by atoms with E-state index in [0.717, 1.165) is 6.42 Å². The van der Waals surface area contributed by atoms with Crippen molar-refractivity contribution in [1.82, 2.24) is 5.32 Å². The summed E-state index contributed by atoms with van der Waals surface area (Å²) in [6, 6.07) is 6.05. The van der Waals surface area contributed by atoms with Crippen molar-refractivity contribution in [2.75, 3.05) is 18.0 Å². The van der Waals surface area contributed by atoms with Gasteiger partial charge in [-0.3, -0.25) is 9.69 Å². The zero-order valence-corrected chi connectivity index (χ0v) is 13.3. The second-order valence-corrected chi connectivity index (χ2v) is 6.07. The van der Waals surface area contributed by atoms with Gasteiger partial charge in [0.25, 0.3) is 0 Å². The molecule has 0 atom stereocenters. The Balaban J connectivity index is 2.84. The minimum atomic E-state index is -1.07. The number of halogens is 1. The summed E-state index contributed by atoms with van der Waals surface area (Å²) >= 11 is 5.81. The average molecular weight is 313 g/mol. The first-order valence-electron chi connectivity index (χ1n) is 6.78. The Kier molecular flexibility index (Phi) is 6.03. The summed E-state index contributed by atoms with van der Waals surface area (Å²) in [6.07, 6.45) is 0.910. The molecule has 0 aliphatic rings. The maximum atomic E-state index is 12.2. The van der Waals surface area contributed by atoms with Crippen molar-refractivity contribution < 1.29 is 14.7 Å². The van der Waals surface area contributed by atoms with E-state index in [4.69, 9.17) is 16.7 Å². The number of anilines is 1. The second-order valence-electron chi connectivity index (χ2n) is 5.63. The molecule has 2 amide bonds. The van der Waals surface area contributed by atoms with Crippen LogP contribution >= 0.6 is 11.6 Å². The first kappa shape index (κ1) is 17.3. The molecule has 2 N–H and O–H groups in total. The molecule has 1 rings (SSSR count). The molecular weight excluding hydrogens is 292 g/mol. The summed E-state index contributed by atoms with van der Waals surface area (Å²) in [5.41, 5.74) is 0.457. The Hall–Kier alpha value is -1.75. The Bertz CT molecular complexity index is 500. The molecule has 116 valence electrons. The highest BCUT2D eigenvalue weighted by Gasteiger charge is 2.22. The van der Waals surface area contributed by atoms with Crippen LogP contribution in [0.5, 0.6) is 0 Å². The standard InChI is InChI=1S/C15H21ClN2O3/c1-4-15(2,3)10-17-14(21)18(9-13(19)20)12-7-5-11(16)6-8-12/h5-8H,4,9-10H2,1-3H3,(H,17,21)(H,19,20). The highest BCUT2D eigenvalue weighted by atomic mass is 35.5. The molecule has 0 spiro atoms. The maximum absolute atomic E-state index is 12.2. The van der Waals surface area contributed by atoms with Crippen LogP contribution in [0.15, 0.2) is 24.3 Å². The molecule has 0 unspecified atom stereocenters. The van der Waals surface area contributed by atoms with Gasteiger partial charge in [0.2, 0.25) is 0 Å². The number of aliphatic carboxylic acids is 1. The summed E-state index contributed by atoms with van der Waals surface area (Å²) in [4.78, 5) is 24.4. The minimum Gasteiger partial charge on any atom is -0.480 e. The van der Waals surface area contributed by atoms with Crippen molar-refractivity contribution in [3.05, 3.63) is 29.3 Å². The second kappa shape index (κ2) is 7.31. The van der Waals surface area contributed by atoms with Gasteiger partial charge in [-0.15, -0.1) is 0 Å². The molecule has 0 aliphatic carbocycles. The van der Waals surface area contributed by atoms with Crippen LogP contribution in [0, 0.1) is 5.41 Å². The SMILES string of the molecule is CCC(C)(C)CNC(=O)N(CC(=O)O)c1ccc(Cl)cc1. The van der Waals surface area contributed by atoms with E-state index in [2.05, 4.69) is 5.32 Å². The van der Waals surface area contributed by atoms with Crippen molar-refractivity contribution in [2.24, 2.45) is 5.41 Å². The summed E-state index contributed by atoms with van der Waals surface area (Å²) < 4.78 is 0. The van der Waals surface area contributed by atoms with Crippen molar-refractivity contribution in [2.45, 2.75) is 27.2 Å². The van der Waals surface area contributed by atoms with E-state index in [1.54, 1.807) is 24.3 Å². The molecule has 0 saturated carbocycles. The van der Waals surface area contributed by atoms with E-state index in [0.29, 0.717) is 17.3 Å². The zero-order chi connectivity index (χ0) is 16.0. The molecule has 0 radical (unpaired) electrons. The number of urea groups is 1.